The van der Waals surface area contributed by atoms with E-state index in [-0.39, 0.29) is 0 Å². The van der Waals surface area contributed by atoms with Crippen LogP contribution in [0.25, 0.3) is 60.1 Å². The van der Waals surface area contributed by atoms with E-state index in [1.807, 2.05) is 6.20 Å². The van der Waals surface area contributed by atoms with Crippen LogP contribution < -0.4 is 5.19 Å². The number of benzene rings is 4. The number of rotatable bonds is 3. The molecule has 0 aliphatic rings. The molecule has 2 nitrogen and oxygen atoms in total. The summed E-state index contributed by atoms with van der Waals surface area (Å²) in [6.07, 6.45) is 1.99. The van der Waals surface area contributed by atoms with Crippen LogP contribution >= 0.6 is 0 Å². The predicted molar refractivity (Wildman–Crippen MR) is 159 cm³/mol. The summed E-state index contributed by atoms with van der Waals surface area (Å²) in [5, 5.41) is 9.54. The molecule has 7 aromatic rings. The van der Waals surface area contributed by atoms with Crippen molar-refractivity contribution < 1.29 is 0 Å². The van der Waals surface area contributed by atoms with Crippen LogP contribution in [-0.2, 0) is 0 Å². The molecule has 3 heterocycles. The Morgan fingerprint density at radius 2 is 1.44 bits per heavy atom. The summed E-state index contributed by atoms with van der Waals surface area (Å²) in [7, 11) is -1.56. The van der Waals surface area contributed by atoms with Gasteiger partial charge in [0, 0.05) is 33.3 Å². The smallest absolute Gasteiger partial charge is 0.0949 e. The molecule has 0 saturated carbocycles. The van der Waals surface area contributed by atoms with Crippen molar-refractivity contribution in [3.8, 4) is 11.3 Å². The number of pyridine rings is 1. The first kappa shape index (κ1) is 21.6. The van der Waals surface area contributed by atoms with Crippen LogP contribution in [0.1, 0.15) is 25.3 Å². The molecule has 4 aromatic carbocycles. The Kier molecular flexibility index (Phi) is 4.44. The predicted octanol–water partition coefficient (Wildman–Crippen LogP) is 8.72. The van der Waals surface area contributed by atoms with E-state index in [1.54, 1.807) is 0 Å². The van der Waals surface area contributed by atoms with Gasteiger partial charge in [-0.25, -0.2) is 0 Å². The minimum atomic E-state index is -1.56. The van der Waals surface area contributed by atoms with Crippen molar-refractivity contribution in [2.24, 2.45) is 0 Å². The fraction of sp³-hybridized carbons (Fsp3) is 0.182. The maximum absolute atomic E-state index is 5.04. The van der Waals surface area contributed by atoms with Crippen molar-refractivity contribution in [2.75, 3.05) is 0 Å². The van der Waals surface area contributed by atoms with Crippen LogP contribution in [0.3, 0.4) is 0 Å². The third kappa shape index (κ3) is 2.87. The summed E-state index contributed by atoms with van der Waals surface area (Å²) in [4.78, 5) is 5.04. The summed E-state index contributed by atoms with van der Waals surface area (Å²) in [6.45, 7) is 11.9. The van der Waals surface area contributed by atoms with Gasteiger partial charge in [-0.05, 0) is 46.5 Å². The lowest BCUT2D eigenvalue weighted by molar-refractivity contribution is 0.876. The number of para-hydroxylation sites is 1. The molecule has 0 N–H and O–H groups in total. The lowest BCUT2D eigenvalue weighted by atomic mass is 9.92. The van der Waals surface area contributed by atoms with Gasteiger partial charge < -0.3 is 4.40 Å². The number of hydrogen-bond donors (Lipinski definition) is 0. The third-order valence-electron chi connectivity index (χ3n) is 7.85. The van der Waals surface area contributed by atoms with Gasteiger partial charge >= 0.3 is 0 Å². The molecular weight excluding hydrogens is 452 g/mol. The van der Waals surface area contributed by atoms with Gasteiger partial charge in [0.1, 0.15) is 0 Å². The molecule has 3 heteroatoms. The Labute approximate surface area is 212 Å². The fourth-order valence-electron chi connectivity index (χ4n) is 6.23. The zero-order valence-corrected chi connectivity index (χ0v) is 22.6. The van der Waals surface area contributed by atoms with Crippen molar-refractivity contribution in [1.29, 1.82) is 0 Å². The highest BCUT2D eigenvalue weighted by Crippen LogP contribution is 2.42. The van der Waals surface area contributed by atoms with Gasteiger partial charge in [0.05, 0.1) is 30.3 Å². The van der Waals surface area contributed by atoms with Crippen molar-refractivity contribution in [3.63, 3.8) is 0 Å². The highest BCUT2D eigenvalue weighted by atomic mass is 28.3. The average Bonchev–Trinajstić information content (AvgIpc) is 3.39. The van der Waals surface area contributed by atoms with Gasteiger partial charge in [-0.3, -0.25) is 4.98 Å². The first-order valence-electron chi connectivity index (χ1n) is 12.9. The topological polar surface area (TPSA) is 17.3 Å². The van der Waals surface area contributed by atoms with Gasteiger partial charge in [0.15, 0.2) is 0 Å². The van der Waals surface area contributed by atoms with E-state index in [1.165, 1.54) is 65.2 Å². The summed E-state index contributed by atoms with van der Waals surface area (Å²) < 4.78 is 2.51. The summed E-state index contributed by atoms with van der Waals surface area (Å²) in [5.41, 5.74) is 7.48. The molecule has 0 aliphatic heterocycles. The molecule has 0 spiro atoms. The van der Waals surface area contributed by atoms with E-state index < -0.39 is 8.07 Å². The van der Waals surface area contributed by atoms with E-state index in [4.69, 9.17) is 4.98 Å². The molecule has 0 aliphatic carbocycles. The van der Waals surface area contributed by atoms with E-state index in [2.05, 4.69) is 117 Å². The summed E-state index contributed by atoms with van der Waals surface area (Å²) in [5.74, 6) is 0.433. The van der Waals surface area contributed by atoms with Crippen LogP contribution in [0.5, 0.6) is 0 Å². The Balaban J connectivity index is 1.69. The molecule has 0 unspecified atom stereocenters. The molecule has 0 radical (unpaired) electrons. The maximum atomic E-state index is 5.04. The van der Waals surface area contributed by atoms with Crippen molar-refractivity contribution >= 4 is 62.1 Å². The van der Waals surface area contributed by atoms with Gasteiger partial charge in [-0.1, -0.05) is 93.3 Å². The molecule has 0 amide bonds. The Hall–Kier alpha value is -3.69. The van der Waals surface area contributed by atoms with E-state index in [0.717, 1.165) is 5.69 Å². The van der Waals surface area contributed by atoms with Crippen molar-refractivity contribution in [2.45, 2.75) is 39.4 Å². The number of nitrogens with zero attached hydrogens (tertiary/aromatic N) is 2. The van der Waals surface area contributed by atoms with Crippen LogP contribution in [-0.4, -0.2) is 17.5 Å². The largest absolute Gasteiger partial charge is 0.306 e. The lowest BCUT2D eigenvalue weighted by Gasteiger charge is -2.18. The first-order valence-corrected chi connectivity index (χ1v) is 16.4. The molecular formula is C33H30N2Si. The zero-order chi connectivity index (χ0) is 24.8. The second-order valence-corrected chi connectivity index (χ2v) is 16.5. The number of hydrogen-bond acceptors (Lipinski definition) is 1. The van der Waals surface area contributed by atoms with Gasteiger partial charge in [0.25, 0.3) is 0 Å². The maximum Gasteiger partial charge on any atom is 0.0949 e. The summed E-state index contributed by atoms with van der Waals surface area (Å²) in [6, 6.07) is 29.3. The third-order valence-corrected chi connectivity index (χ3v) is 9.88. The van der Waals surface area contributed by atoms with Crippen LogP contribution in [0.15, 0.2) is 85.1 Å². The minimum absolute atomic E-state index is 0.433. The van der Waals surface area contributed by atoms with Gasteiger partial charge in [0.2, 0.25) is 0 Å². The van der Waals surface area contributed by atoms with Gasteiger partial charge in [-0.15, -0.1) is 0 Å². The SMILES string of the molecule is CC(C)c1cc(-c2nccc3c4ccc([Si](C)(C)C)c5c6ccccc6n(c23)c45)cc2ccccc12. The molecule has 0 saturated heterocycles. The van der Waals surface area contributed by atoms with Crippen LogP contribution in [0.4, 0.5) is 0 Å². The Morgan fingerprint density at radius 1 is 0.722 bits per heavy atom. The van der Waals surface area contributed by atoms with Crippen LogP contribution in [0, 0.1) is 0 Å². The fourth-order valence-corrected chi connectivity index (χ4v) is 7.82. The number of aromatic nitrogens is 2. The van der Waals surface area contributed by atoms with Crippen molar-refractivity contribution in [3.05, 3.63) is 90.6 Å². The quantitative estimate of drug-likeness (QED) is 0.230. The van der Waals surface area contributed by atoms with E-state index in [9.17, 15) is 0 Å². The standard InChI is InChI=1S/C33H30N2Si/c1-20(2)27-19-22(18-21-10-6-7-11-23(21)27)31-33-25(16-17-34-31)24-14-15-29(36(3,4)5)30-26-12-8-9-13-28(26)35(33)32(24)30/h6-20H,1-5H3. The second kappa shape index (κ2) is 7.41. The van der Waals surface area contributed by atoms with Crippen LogP contribution in [0.2, 0.25) is 19.6 Å². The Morgan fingerprint density at radius 3 is 2.22 bits per heavy atom. The van der Waals surface area contributed by atoms with E-state index >= 15 is 0 Å². The molecule has 0 bridgehead atoms. The normalized spacial score (nSPS) is 12.8. The molecule has 0 fully saturated rings. The molecule has 0 atom stereocenters. The molecule has 3 aromatic heterocycles. The Bertz CT molecular complexity index is 1950. The average molecular weight is 483 g/mol. The first-order chi connectivity index (χ1) is 17.3. The van der Waals surface area contributed by atoms with Gasteiger partial charge in [-0.2, -0.15) is 0 Å². The summed E-state index contributed by atoms with van der Waals surface area (Å²) >= 11 is 0. The monoisotopic (exact) mass is 482 g/mol. The highest BCUT2D eigenvalue weighted by Gasteiger charge is 2.27. The van der Waals surface area contributed by atoms with E-state index in [0.29, 0.717) is 5.92 Å². The lowest BCUT2D eigenvalue weighted by Crippen LogP contribution is -2.37. The van der Waals surface area contributed by atoms with Crippen molar-refractivity contribution in [1.82, 2.24) is 9.38 Å². The molecule has 36 heavy (non-hydrogen) atoms. The molecule has 7 rings (SSSR count). The minimum Gasteiger partial charge on any atom is -0.306 e. The zero-order valence-electron chi connectivity index (χ0n) is 21.6. The second-order valence-electron chi connectivity index (χ2n) is 11.5. The molecule has 176 valence electrons. The number of fused-ring (bicyclic) bond motifs is 7. The highest BCUT2D eigenvalue weighted by molar-refractivity contribution is 6.90.